The molecule has 2 aromatic heterocycles. The van der Waals surface area contributed by atoms with Crippen molar-refractivity contribution in [2.45, 2.75) is 15.1 Å². The Bertz CT molecular complexity index is 1130. The van der Waals surface area contributed by atoms with Gasteiger partial charge < -0.3 is 5.32 Å². The SMILES string of the molecule is O=C(CSc1ccccn1)Nc1ccc2nc(SCc3ccccc3Cl)sc2c1. The summed E-state index contributed by atoms with van der Waals surface area (Å²) in [5, 5.41) is 4.55. The van der Waals surface area contributed by atoms with Crippen LogP contribution >= 0.6 is 46.5 Å². The Kier molecular flexibility index (Phi) is 6.71. The van der Waals surface area contributed by atoms with Crippen LogP contribution in [-0.2, 0) is 10.5 Å². The first-order valence-electron chi connectivity index (χ1n) is 8.78. The van der Waals surface area contributed by atoms with Gasteiger partial charge in [-0.25, -0.2) is 9.97 Å². The van der Waals surface area contributed by atoms with Gasteiger partial charge in [-0.3, -0.25) is 4.79 Å². The number of amides is 1. The summed E-state index contributed by atoms with van der Waals surface area (Å²) < 4.78 is 2.02. The molecule has 8 heteroatoms. The molecule has 0 aliphatic heterocycles. The highest BCUT2D eigenvalue weighted by atomic mass is 35.5. The second-order valence-electron chi connectivity index (χ2n) is 6.05. The quantitative estimate of drug-likeness (QED) is 0.327. The summed E-state index contributed by atoms with van der Waals surface area (Å²) in [5.74, 6) is 1.03. The van der Waals surface area contributed by atoms with Crippen molar-refractivity contribution in [3.8, 4) is 0 Å². The number of benzene rings is 2. The number of anilines is 1. The number of hydrogen-bond acceptors (Lipinski definition) is 6. The van der Waals surface area contributed by atoms with Crippen molar-refractivity contribution in [2.24, 2.45) is 0 Å². The van der Waals surface area contributed by atoms with Gasteiger partial charge in [0.25, 0.3) is 0 Å². The van der Waals surface area contributed by atoms with E-state index in [0.29, 0.717) is 5.75 Å². The fraction of sp³-hybridized carbons (Fsp3) is 0.0952. The van der Waals surface area contributed by atoms with Crippen molar-refractivity contribution in [1.82, 2.24) is 9.97 Å². The predicted molar refractivity (Wildman–Crippen MR) is 124 cm³/mol. The molecule has 0 spiro atoms. The molecule has 0 bridgehead atoms. The first-order chi connectivity index (χ1) is 14.2. The maximum atomic E-state index is 12.2. The third kappa shape index (κ3) is 5.51. The Morgan fingerprint density at radius 3 is 2.76 bits per heavy atom. The molecule has 0 aliphatic carbocycles. The van der Waals surface area contributed by atoms with Crippen molar-refractivity contribution < 1.29 is 4.79 Å². The summed E-state index contributed by atoms with van der Waals surface area (Å²) in [7, 11) is 0. The van der Waals surface area contributed by atoms with Crippen molar-refractivity contribution in [3.63, 3.8) is 0 Å². The highest BCUT2D eigenvalue weighted by molar-refractivity contribution is 8.00. The van der Waals surface area contributed by atoms with E-state index in [1.165, 1.54) is 11.8 Å². The molecule has 0 radical (unpaired) electrons. The number of carbonyl (C=O) groups is 1. The number of thioether (sulfide) groups is 2. The third-order valence-electron chi connectivity index (χ3n) is 3.95. The molecule has 1 N–H and O–H groups in total. The highest BCUT2D eigenvalue weighted by Crippen LogP contribution is 2.34. The summed E-state index contributed by atoms with van der Waals surface area (Å²) in [6.45, 7) is 0. The van der Waals surface area contributed by atoms with Crippen LogP contribution in [0.3, 0.4) is 0 Å². The van der Waals surface area contributed by atoms with Crippen LogP contribution in [-0.4, -0.2) is 21.6 Å². The van der Waals surface area contributed by atoms with Crippen molar-refractivity contribution in [3.05, 3.63) is 77.4 Å². The zero-order valence-corrected chi connectivity index (χ0v) is 18.4. The molecule has 2 aromatic carbocycles. The third-order valence-corrected chi connectivity index (χ3v) is 7.47. The molecule has 4 aromatic rings. The van der Waals surface area contributed by atoms with E-state index < -0.39 is 0 Å². The maximum Gasteiger partial charge on any atom is 0.234 e. The lowest BCUT2D eigenvalue weighted by atomic mass is 10.2. The van der Waals surface area contributed by atoms with Crippen molar-refractivity contribution >= 4 is 68.3 Å². The van der Waals surface area contributed by atoms with E-state index in [4.69, 9.17) is 11.6 Å². The smallest absolute Gasteiger partial charge is 0.234 e. The topological polar surface area (TPSA) is 54.9 Å². The number of nitrogens with zero attached hydrogens (tertiary/aromatic N) is 2. The lowest BCUT2D eigenvalue weighted by Crippen LogP contribution is -2.13. The van der Waals surface area contributed by atoms with E-state index in [2.05, 4.69) is 15.3 Å². The van der Waals surface area contributed by atoms with Crippen LogP contribution in [0, 0.1) is 0 Å². The van der Waals surface area contributed by atoms with Crippen LogP contribution in [0.25, 0.3) is 10.2 Å². The zero-order chi connectivity index (χ0) is 20.1. The van der Waals surface area contributed by atoms with E-state index in [1.807, 2.05) is 60.7 Å². The van der Waals surface area contributed by atoms with Gasteiger partial charge in [-0.1, -0.05) is 59.4 Å². The Labute approximate surface area is 186 Å². The van der Waals surface area contributed by atoms with Gasteiger partial charge in [0, 0.05) is 22.7 Å². The standard InChI is InChI=1S/C21H16ClN3OS3/c22-16-6-2-1-5-14(16)12-28-21-25-17-9-8-15(11-18(17)29-21)24-19(26)13-27-20-7-3-4-10-23-20/h1-11H,12-13H2,(H,24,26). The van der Waals surface area contributed by atoms with Crippen LogP contribution in [0.15, 0.2) is 76.2 Å². The van der Waals surface area contributed by atoms with Crippen LogP contribution in [0.4, 0.5) is 5.69 Å². The molecular weight excluding hydrogens is 442 g/mol. The summed E-state index contributed by atoms with van der Waals surface area (Å²) in [6.07, 6.45) is 1.72. The normalized spacial score (nSPS) is 10.9. The average Bonchev–Trinajstić information content (AvgIpc) is 3.15. The molecule has 1 amide bonds. The number of fused-ring (bicyclic) bond motifs is 1. The molecule has 146 valence electrons. The molecule has 0 atom stereocenters. The fourth-order valence-corrected chi connectivity index (χ4v) is 5.62. The van der Waals surface area contributed by atoms with Crippen LogP contribution < -0.4 is 5.32 Å². The van der Waals surface area contributed by atoms with Crippen LogP contribution in [0.5, 0.6) is 0 Å². The van der Waals surface area contributed by atoms with E-state index in [9.17, 15) is 4.79 Å². The second-order valence-corrected chi connectivity index (χ2v) is 9.70. The second kappa shape index (κ2) is 9.63. The number of aromatic nitrogens is 2. The van der Waals surface area contributed by atoms with Gasteiger partial charge in [-0.2, -0.15) is 0 Å². The first-order valence-corrected chi connectivity index (χ1v) is 11.9. The summed E-state index contributed by atoms with van der Waals surface area (Å²) in [4.78, 5) is 21.1. The minimum absolute atomic E-state index is 0.0576. The van der Waals surface area contributed by atoms with E-state index in [-0.39, 0.29) is 5.91 Å². The van der Waals surface area contributed by atoms with Gasteiger partial charge in [-0.15, -0.1) is 11.3 Å². The highest BCUT2D eigenvalue weighted by Gasteiger charge is 2.09. The Hall–Kier alpha value is -2.06. The number of pyridine rings is 1. The first kappa shape index (κ1) is 20.2. The van der Waals surface area contributed by atoms with Gasteiger partial charge in [0.15, 0.2) is 4.34 Å². The van der Waals surface area contributed by atoms with Gasteiger partial charge in [0.2, 0.25) is 5.91 Å². The number of hydrogen-bond donors (Lipinski definition) is 1. The zero-order valence-electron chi connectivity index (χ0n) is 15.2. The lowest BCUT2D eigenvalue weighted by Gasteiger charge is -2.04. The van der Waals surface area contributed by atoms with E-state index in [0.717, 1.165) is 41.6 Å². The summed E-state index contributed by atoms with van der Waals surface area (Å²) in [6, 6.07) is 19.3. The molecule has 0 unspecified atom stereocenters. The van der Waals surface area contributed by atoms with Crippen LogP contribution in [0.1, 0.15) is 5.56 Å². The fourth-order valence-electron chi connectivity index (χ4n) is 2.57. The molecular formula is C21H16ClN3OS3. The van der Waals surface area contributed by atoms with Crippen molar-refractivity contribution in [2.75, 3.05) is 11.1 Å². The average molecular weight is 458 g/mol. The van der Waals surface area contributed by atoms with Gasteiger partial charge in [0.05, 0.1) is 21.0 Å². The monoisotopic (exact) mass is 457 g/mol. The molecule has 29 heavy (non-hydrogen) atoms. The lowest BCUT2D eigenvalue weighted by molar-refractivity contribution is -0.113. The number of halogens is 1. The van der Waals surface area contributed by atoms with E-state index in [1.54, 1.807) is 29.3 Å². The number of carbonyl (C=O) groups excluding carboxylic acids is 1. The molecule has 0 aliphatic rings. The molecule has 4 nitrogen and oxygen atoms in total. The van der Waals surface area contributed by atoms with Gasteiger partial charge in [0.1, 0.15) is 0 Å². The maximum absolute atomic E-state index is 12.2. The molecule has 4 rings (SSSR count). The summed E-state index contributed by atoms with van der Waals surface area (Å²) >= 11 is 10.9. The largest absolute Gasteiger partial charge is 0.325 e. The number of nitrogens with one attached hydrogen (secondary N) is 1. The minimum Gasteiger partial charge on any atom is -0.325 e. The Morgan fingerprint density at radius 1 is 1.07 bits per heavy atom. The Morgan fingerprint density at radius 2 is 1.93 bits per heavy atom. The summed E-state index contributed by atoms with van der Waals surface area (Å²) in [5.41, 5.74) is 2.80. The number of rotatable bonds is 7. The van der Waals surface area contributed by atoms with Crippen molar-refractivity contribution in [1.29, 1.82) is 0 Å². The minimum atomic E-state index is -0.0576. The van der Waals surface area contributed by atoms with Gasteiger partial charge >= 0.3 is 0 Å². The predicted octanol–water partition coefficient (Wildman–Crippen LogP) is 6.37. The van der Waals surface area contributed by atoms with Crippen LogP contribution in [0.2, 0.25) is 5.02 Å². The molecule has 0 saturated carbocycles. The number of thiazole rings is 1. The molecule has 0 saturated heterocycles. The molecule has 0 fully saturated rings. The van der Waals surface area contributed by atoms with Gasteiger partial charge in [-0.05, 0) is 42.0 Å². The molecule has 2 heterocycles. The van der Waals surface area contributed by atoms with E-state index >= 15 is 0 Å². The Balaban J connectivity index is 1.37.